The molecule has 0 bridgehead atoms. The van der Waals surface area contributed by atoms with Crippen molar-refractivity contribution in [3.63, 3.8) is 0 Å². The van der Waals surface area contributed by atoms with E-state index in [1.54, 1.807) is 6.07 Å². The van der Waals surface area contributed by atoms with Crippen molar-refractivity contribution in [2.24, 2.45) is 11.1 Å². The van der Waals surface area contributed by atoms with Crippen molar-refractivity contribution in [2.45, 2.75) is 33.1 Å². The van der Waals surface area contributed by atoms with Crippen LogP contribution in [0.5, 0.6) is 0 Å². The molecule has 3 heteroatoms. The number of benzene rings is 1. The van der Waals surface area contributed by atoms with Crippen LogP contribution in [0, 0.1) is 11.2 Å². The fourth-order valence-corrected chi connectivity index (χ4v) is 2.41. The quantitative estimate of drug-likeness (QED) is 0.873. The largest absolute Gasteiger partial charge is 0.330 e. The molecule has 0 aliphatic rings. The molecule has 0 aromatic heterocycles. The van der Waals surface area contributed by atoms with E-state index >= 15 is 0 Å². The molecular weight excluding hydrogens is 269 g/mol. The van der Waals surface area contributed by atoms with Gasteiger partial charge in [0.2, 0.25) is 0 Å². The number of nitrogens with two attached hydrogens (primary N) is 1. The van der Waals surface area contributed by atoms with E-state index in [0.29, 0.717) is 13.0 Å². The Morgan fingerprint density at radius 3 is 2.69 bits per heavy atom. The second-order valence-electron chi connectivity index (χ2n) is 4.68. The van der Waals surface area contributed by atoms with Gasteiger partial charge in [-0.25, -0.2) is 4.39 Å². The second kappa shape index (κ2) is 5.78. The maximum absolute atomic E-state index is 13.6. The summed E-state index contributed by atoms with van der Waals surface area (Å²) in [7, 11) is 0. The number of rotatable bonds is 5. The molecule has 0 aliphatic carbocycles. The first kappa shape index (κ1) is 13.7. The maximum Gasteiger partial charge on any atom is 0.126 e. The smallest absolute Gasteiger partial charge is 0.126 e. The van der Waals surface area contributed by atoms with E-state index in [0.717, 1.165) is 22.9 Å². The molecule has 0 saturated carbocycles. The van der Waals surface area contributed by atoms with Gasteiger partial charge in [0.15, 0.2) is 0 Å². The lowest BCUT2D eigenvalue weighted by atomic mass is 9.80. The summed E-state index contributed by atoms with van der Waals surface area (Å²) in [5, 5.41) is 0. The highest BCUT2D eigenvalue weighted by Crippen LogP contribution is 2.29. The van der Waals surface area contributed by atoms with Crippen LogP contribution in [-0.4, -0.2) is 6.54 Å². The normalized spacial score (nSPS) is 14.8. The highest BCUT2D eigenvalue weighted by Gasteiger charge is 2.23. The first-order valence-corrected chi connectivity index (χ1v) is 6.44. The molecule has 1 aromatic carbocycles. The third-order valence-electron chi connectivity index (χ3n) is 2.97. The van der Waals surface area contributed by atoms with E-state index in [4.69, 9.17) is 5.73 Å². The van der Waals surface area contributed by atoms with Crippen molar-refractivity contribution in [2.75, 3.05) is 6.54 Å². The molecule has 0 fully saturated rings. The van der Waals surface area contributed by atoms with Crippen LogP contribution in [0.2, 0.25) is 0 Å². The molecule has 0 aliphatic heterocycles. The summed E-state index contributed by atoms with van der Waals surface area (Å²) in [5.41, 5.74) is 6.54. The van der Waals surface area contributed by atoms with Crippen LogP contribution in [0.4, 0.5) is 4.39 Å². The zero-order chi connectivity index (χ0) is 12.2. The summed E-state index contributed by atoms with van der Waals surface area (Å²) in [5.74, 6) is -0.140. The summed E-state index contributed by atoms with van der Waals surface area (Å²) >= 11 is 3.37. The Bertz CT molecular complexity index is 354. The monoisotopic (exact) mass is 287 g/mol. The van der Waals surface area contributed by atoms with Crippen molar-refractivity contribution >= 4 is 15.9 Å². The van der Waals surface area contributed by atoms with Crippen molar-refractivity contribution in [1.82, 2.24) is 0 Å². The molecule has 0 saturated heterocycles. The van der Waals surface area contributed by atoms with E-state index in [9.17, 15) is 4.39 Å². The van der Waals surface area contributed by atoms with E-state index in [2.05, 4.69) is 29.8 Å². The molecule has 1 rings (SSSR count). The standard InChI is InChI=1S/C13H19BrFN/c1-3-6-13(2,9-16)8-10-7-11(14)4-5-12(10)15/h4-5,7H,3,6,8-9,16H2,1-2H3. The van der Waals surface area contributed by atoms with Gasteiger partial charge in [0.25, 0.3) is 0 Å². The molecule has 0 amide bonds. The molecule has 1 aromatic rings. The molecule has 0 heterocycles. The van der Waals surface area contributed by atoms with Crippen LogP contribution in [0.3, 0.4) is 0 Å². The van der Waals surface area contributed by atoms with Gasteiger partial charge in [-0.2, -0.15) is 0 Å². The lowest BCUT2D eigenvalue weighted by Gasteiger charge is -2.27. The Kier molecular flexibility index (Phi) is 4.93. The highest BCUT2D eigenvalue weighted by molar-refractivity contribution is 9.10. The number of halogens is 2. The van der Waals surface area contributed by atoms with Gasteiger partial charge in [-0.15, -0.1) is 0 Å². The third-order valence-corrected chi connectivity index (χ3v) is 3.46. The minimum Gasteiger partial charge on any atom is -0.330 e. The van der Waals surface area contributed by atoms with Crippen molar-refractivity contribution in [1.29, 1.82) is 0 Å². The Morgan fingerprint density at radius 1 is 1.44 bits per heavy atom. The van der Waals surface area contributed by atoms with Crippen LogP contribution in [0.25, 0.3) is 0 Å². The summed E-state index contributed by atoms with van der Waals surface area (Å²) in [6, 6.07) is 5.07. The molecule has 1 nitrogen and oxygen atoms in total. The summed E-state index contributed by atoms with van der Waals surface area (Å²) in [4.78, 5) is 0. The van der Waals surface area contributed by atoms with Gasteiger partial charge < -0.3 is 5.73 Å². The zero-order valence-electron chi connectivity index (χ0n) is 9.89. The summed E-state index contributed by atoms with van der Waals surface area (Å²) < 4.78 is 14.5. The lowest BCUT2D eigenvalue weighted by molar-refractivity contribution is 0.298. The van der Waals surface area contributed by atoms with E-state index in [-0.39, 0.29) is 11.2 Å². The highest BCUT2D eigenvalue weighted by atomic mass is 79.9. The van der Waals surface area contributed by atoms with Crippen molar-refractivity contribution in [3.8, 4) is 0 Å². The number of hydrogen-bond donors (Lipinski definition) is 1. The molecular formula is C13H19BrFN. The molecule has 1 unspecified atom stereocenters. The average Bonchev–Trinajstić information content (AvgIpc) is 2.24. The van der Waals surface area contributed by atoms with Gasteiger partial charge >= 0.3 is 0 Å². The summed E-state index contributed by atoms with van der Waals surface area (Å²) in [6.07, 6.45) is 2.79. The van der Waals surface area contributed by atoms with Crippen molar-refractivity contribution < 1.29 is 4.39 Å². The van der Waals surface area contributed by atoms with Crippen LogP contribution in [0.1, 0.15) is 32.3 Å². The summed E-state index contributed by atoms with van der Waals surface area (Å²) in [6.45, 7) is 4.84. The minimum atomic E-state index is -0.140. The number of hydrogen-bond acceptors (Lipinski definition) is 1. The SMILES string of the molecule is CCCC(C)(CN)Cc1cc(Br)ccc1F. The van der Waals surface area contributed by atoms with Gasteiger partial charge in [0, 0.05) is 4.47 Å². The topological polar surface area (TPSA) is 26.0 Å². The van der Waals surface area contributed by atoms with Crippen LogP contribution in [-0.2, 0) is 6.42 Å². The van der Waals surface area contributed by atoms with Gasteiger partial charge in [0.05, 0.1) is 0 Å². The van der Waals surface area contributed by atoms with Gasteiger partial charge in [-0.05, 0) is 48.6 Å². The van der Waals surface area contributed by atoms with Crippen LogP contribution < -0.4 is 5.73 Å². The molecule has 90 valence electrons. The molecule has 0 spiro atoms. The Hall–Kier alpha value is -0.410. The predicted molar refractivity (Wildman–Crippen MR) is 69.9 cm³/mol. The second-order valence-corrected chi connectivity index (χ2v) is 5.59. The van der Waals surface area contributed by atoms with E-state index in [1.165, 1.54) is 6.07 Å². The van der Waals surface area contributed by atoms with Gasteiger partial charge in [0.1, 0.15) is 5.82 Å². The van der Waals surface area contributed by atoms with Crippen molar-refractivity contribution in [3.05, 3.63) is 34.1 Å². The van der Waals surface area contributed by atoms with Gasteiger partial charge in [-0.1, -0.05) is 36.2 Å². The fourth-order valence-electron chi connectivity index (χ4n) is 2.00. The van der Waals surface area contributed by atoms with Crippen LogP contribution >= 0.6 is 15.9 Å². The molecule has 16 heavy (non-hydrogen) atoms. The first-order chi connectivity index (χ1) is 7.50. The Balaban J connectivity index is 2.89. The fraction of sp³-hybridized carbons (Fsp3) is 0.538. The Morgan fingerprint density at radius 2 is 2.12 bits per heavy atom. The first-order valence-electron chi connectivity index (χ1n) is 5.65. The maximum atomic E-state index is 13.6. The predicted octanol–water partition coefficient (Wildman–Crippen LogP) is 3.90. The van der Waals surface area contributed by atoms with Gasteiger partial charge in [-0.3, -0.25) is 0 Å². The zero-order valence-corrected chi connectivity index (χ0v) is 11.5. The third kappa shape index (κ3) is 3.56. The molecule has 2 N–H and O–H groups in total. The minimum absolute atomic E-state index is 0.00359. The Labute approximate surface area is 105 Å². The molecule has 1 atom stereocenters. The average molecular weight is 288 g/mol. The molecule has 0 radical (unpaired) electrons. The van der Waals surface area contributed by atoms with Crippen LogP contribution in [0.15, 0.2) is 22.7 Å². The van der Waals surface area contributed by atoms with E-state index in [1.807, 2.05) is 6.07 Å². The lowest BCUT2D eigenvalue weighted by Crippen LogP contribution is -2.29. The van der Waals surface area contributed by atoms with E-state index < -0.39 is 0 Å².